The normalized spacial score (nSPS) is 18.0. The summed E-state index contributed by atoms with van der Waals surface area (Å²) in [4.78, 5) is 3.48. The quantitative estimate of drug-likeness (QED) is 0.594. The molecular weight excluding hydrogens is 402 g/mol. The third kappa shape index (κ3) is 4.19. The molecule has 28 heavy (non-hydrogen) atoms. The van der Waals surface area contributed by atoms with Crippen LogP contribution in [0.15, 0.2) is 27.6 Å². The zero-order valence-electron chi connectivity index (χ0n) is 15.0. The van der Waals surface area contributed by atoms with E-state index in [1.165, 1.54) is 0 Å². The highest BCUT2D eigenvalue weighted by Gasteiger charge is 2.42. The molecule has 0 aliphatic heterocycles. The average Bonchev–Trinajstić information content (AvgIpc) is 2.90. The summed E-state index contributed by atoms with van der Waals surface area (Å²) in [6, 6.07) is 1.60. The third-order valence-electron chi connectivity index (χ3n) is 4.80. The number of nitrogens with zero attached hydrogens (tertiary/aromatic N) is 2. The van der Waals surface area contributed by atoms with E-state index < -0.39 is 38.0 Å². The molecule has 0 bridgehead atoms. The van der Waals surface area contributed by atoms with Gasteiger partial charge < -0.3 is 4.52 Å². The molecular formula is C17H19F4N3O3S. The Morgan fingerprint density at radius 3 is 2.32 bits per heavy atom. The molecule has 1 fully saturated rings. The Morgan fingerprint density at radius 1 is 1.14 bits per heavy atom. The lowest BCUT2D eigenvalue weighted by atomic mass is 9.91. The predicted molar refractivity (Wildman–Crippen MR) is 90.1 cm³/mol. The molecule has 0 radical (unpaired) electrons. The van der Waals surface area contributed by atoms with E-state index in [2.05, 4.69) is 14.9 Å². The predicted octanol–water partition coefficient (Wildman–Crippen LogP) is 4.06. The number of hydrogen-bond acceptors (Lipinski definition) is 5. The van der Waals surface area contributed by atoms with Crippen LogP contribution < -0.4 is 4.72 Å². The summed E-state index contributed by atoms with van der Waals surface area (Å²) in [5.41, 5.74) is -2.83. The number of aryl methyl sites for hydroxylation is 1. The number of nitrogens with one attached hydrogen (secondary N) is 1. The van der Waals surface area contributed by atoms with Gasteiger partial charge in [-0.3, -0.25) is 0 Å². The maximum Gasteiger partial charge on any atom is 0.419 e. The molecule has 1 aliphatic carbocycles. The largest absolute Gasteiger partial charge is 0.419 e. The van der Waals surface area contributed by atoms with Crippen molar-refractivity contribution in [3.05, 3.63) is 41.3 Å². The maximum atomic E-state index is 13.5. The molecule has 1 heterocycles. The highest BCUT2D eigenvalue weighted by molar-refractivity contribution is 7.89. The van der Waals surface area contributed by atoms with Crippen molar-refractivity contribution in [1.82, 2.24) is 14.9 Å². The molecule has 11 heteroatoms. The van der Waals surface area contributed by atoms with Gasteiger partial charge in [-0.1, -0.05) is 30.8 Å². The molecule has 1 aromatic carbocycles. The van der Waals surface area contributed by atoms with Crippen LogP contribution in [0.25, 0.3) is 0 Å². The second-order valence-corrected chi connectivity index (χ2v) is 8.56. The first kappa shape index (κ1) is 20.7. The van der Waals surface area contributed by atoms with Crippen molar-refractivity contribution in [2.75, 3.05) is 0 Å². The van der Waals surface area contributed by atoms with Gasteiger partial charge in [-0.25, -0.2) is 12.8 Å². The molecule has 1 N–H and O–H groups in total. The van der Waals surface area contributed by atoms with Crippen molar-refractivity contribution in [2.24, 2.45) is 0 Å². The number of aromatic nitrogens is 2. The molecule has 0 spiro atoms. The highest BCUT2D eigenvalue weighted by atomic mass is 32.2. The second-order valence-electron chi connectivity index (χ2n) is 6.88. The Balaban J connectivity index is 2.03. The smallest absolute Gasteiger partial charge is 0.340 e. The van der Waals surface area contributed by atoms with Gasteiger partial charge in [0, 0.05) is 6.92 Å². The van der Waals surface area contributed by atoms with Crippen LogP contribution in [0, 0.1) is 12.7 Å². The minimum Gasteiger partial charge on any atom is -0.340 e. The summed E-state index contributed by atoms with van der Waals surface area (Å²) in [5.74, 6) is -1.14. The molecule has 1 aromatic heterocycles. The standard InChI is InChI=1S/C17H19F4N3O3S/c1-11-22-15(23-27-11)16(8-4-2-3-5-9-16)24-28(25,26)12-6-7-14(18)13(10-12)17(19,20)21/h6-7,10,24H,2-5,8-9H2,1H3. The molecule has 0 saturated heterocycles. The number of hydrogen-bond donors (Lipinski definition) is 1. The topological polar surface area (TPSA) is 85.1 Å². The number of sulfonamides is 1. The summed E-state index contributed by atoms with van der Waals surface area (Å²) >= 11 is 0. The van der Waals surface area contributed by atoms with Crippen LogP contribution in [0.1, 0.15) is 55.8 Å². The van der Waals surface area contributed by atoms with Crippen LogP contribution in [0.3, 0.4) is 0 Å². The van der Waals surface area contributed by atoms with Crippen LogP contribution in [0.5, 0.6) is 0 Å². The van der Waals surface area contributed by atoms with Crippen LogP contribution in [-0.4, -0.2) is 18.6 Å². The van der Waals surface area contributed by atoms with E-state index in [1.54, 1.807) is 6.92 Å². The number of rotatable bonds is 4. The second kappa shape index (κ2) is 7.43. The van der Waals surface area contributed by atoms with E-state index in [0.29, 0.717) is 37.8 Å². The highest BCUT2D eigenvalue weighted by Crippen LogP contribution is 2.37. The first-order valence-corrected chi connectivity index (χ1v) is 10.2. The first-order valence-electron chi connectivity index (χ1n) is 8.75. The Bertz CT molecular complexity index is 949. The molecule has 0 amide bonds. The Kier molecular flexibility index (Phi) is 5.50. The van der Waals surface area contributed by atoms with Gasteiger partial charge in [-0.15, -0.1) is 0 Å². The Labute approximate surface area is 159 Å². The van der Waals surface area contributed by atoms with Crippen molar-refractivity contribution >= 4 is 10.0 Å². The monoisotopic (exact) mass is 421 g/mol. The number of alkyl halides is 3. The molecule has 0 atom stereocenters. The van der Waals surface area contributed by atoms with Crippen molar-refractivity contribution in [3.63, 3.8) is 0 Å². The van der Waals surface area contributed by atoms with Crippen LogP contribution >= 0.6 is 0 Å². The lowest BCUT2D eigenvalue weighted by molar-refractivity contribution is -0.140. The molecule has 2 aromatic rings. The van der Waals surface area contributed by atoms with Gasteiger partial charge in [0.05, 0.1) is 16.0 Å². The van der Waals surface area contributed by atoms with Gasteiger partial charge >= 0.3 is 6.18 Å². The van der Waals surface area contributed by atoms with Gasteiger partial charge in [0.15, 0.2) is 5.82 Å². The maximum absolute atomic E-state index is 13.5. The van der Waals surface area contributed by atoms with Gasteiger partial charge in [0.1, 0.15) is 5.82 Å². The van der Waals surface area contributed by atoms with Crippen molar-refractivity contribution in [3.8, 4) is 0 Å². The number of halogens is 4. The van der Waals surface area contributed by atoms with Crippen molar-refractivity contribution in [1.29, 1.82) is 0 Å². The SMILES string of the molecule is Cc1nc(C2(NS(=O)(=O)c3ccc(F)c(C(F)(F)F)c3)CCCCCC2)no1. The molecule has 3 rings (SSSR count). The minimum atomic E-state index is -5.01. The summed E-state index contributed by atoms with van der Waals surface area (Å²) in [7, 11) is -4.41. The van der Waals surface area contributed by atoms with Crippen LogP contribution in [0.4, 0.5) is 17.6 Å². The minimum absolute atomic E-state index is 0.147. The fraction of sp³-hybridized carbons (Fsp3) is 0.529. The fourth-order valence-electron chi connectivity index (χ4n) is 3.40. The average molecular weight is 421 g/mol. The van der Waals surface area contributed by atoms with Gasteiger partial charge in [0.2, 0.25) is 15.9 Å². The summed E-state index contributed by atoms with van der Waals surface area (Å²) in [6.07, 6.45) is -1.12. The molecule has 1 aliphatic rings. The van der Waals surface area contributed by atoms with E-state index in [4.69, 9.17) is 4.52 Å². The van der Waals surface area contributed by atoms with Crippen LogP contribution in [0.2, 0.25) is 0 Å². The zero-order chi connectivity index (χ0) is 20.6. The third-order valence-corrected chi connectivity index (χ3v) is 6.33. The summed E-state index contributed by atoms with van der Waals surface area (Å²) in [6.45, 7) is 1.56. The zero-order valence-corrected chi connectivity index (χ0v) is 15.8. The first-order chi connectivity index (χ1) is 13.0. The molecule has 1 saturated carbocycles. The number of benzene rings is 1. The van der Waals surface area contributed by atoms with E-state index in [1.807, 2.05) is 0 Å². The van der Waals surface area contributed by atoms with Crippen molar-refractivity contribution in [2.45, 2.75) is 62.1 Å². The molecule has 0 unspecified atom stereocenters. The molecule has 154 valence electrons. The Hall–Kier alpha value is -2.01. The van der Waals surface area contributed by atoms with Gasteiger partial charge in [-0.05, 0) is 31.0 Å². The summed E-state index contributed by atoms with van der Waals surface area (Å²) in [5, 5.41) is 3.85. The molecule has 6 nitrogen and oxygen atoms in total. The van der Waals surface area contributed by atoms with Crippen molar-refractivity contribution < 1.29 is 30.5 Å². The van der Waals surface area contributed by atoms with E-state index in [9.17, 15) is 26.0 Å². The van der Waals surface area contributed by atoms with E-state index >= 15 is 0 Å². The lowest BCUT2D eigenvalue weighted by Crippen LogP contribution is -2.46. The van der Waals surface area contributed by atoms with Gasteiger partial charge in [0.25, 0.3) is 0 Å². The fourth-order valence-corrected chi connectivity index (χ4v) is 4.85. The summed E-state index contributed by atoms with van der Waals surface area (Å²) < 4.78 is 85.8. The lowest BCUT2D eigenvalue weighted by Gasteiger charge is -2.30. The Morgan fingerprint density at radius 2 is 1.79 bits per heavy atom. The van der Waals surface area contributed by atoms with E-state index in [-0.39, 0.29) is 11.7 Å². The van der Waals surface area contributed by atoms with Gasteiger partial charge in [-0.2, -0.15) is 22.9 Å². The van der Waals surface area contributed by atoms with Crippen LogP contribution in [-0.2, 0) is 21.7 Å². The van der Waals surface area contributed by atoms with E-state index in [0.717, 1.165) is 18.9 Å².